The van der Waals surface area contributed by atoms with Crippen LogP contribution in [-0.4, -0.2) is 44.1 Å². The summed E-state index contributed by atoms with van der Waals surface area (Å²) in [4.78, 5) is 13.1. The summed E-state index contributed by atoms with van der Waals surface area (Å²) in [6.07, 6.45) is 0.686. The van der Waals surface area contributed by atoms with Crippen molar-refractivity contribution in [3.63, 3.8) is 0 Å². The minimum Gasteiger partial charge on any atom is -0.481 e. The van der Waals surface area contributed by atoms with Gasteiger partial charge in [0.15, 0.2) is 0 Å². The molecular formula is C15H21NO4S. The lowest BCUT2D eigenvalue weighted by molar-refractivity contribution is -0.137. The number of aliphatic carboxylic acids is 1. The monoisotopic (exact) mass is 311 g/mol. The van der Waals surface area contributed by atoms with E-state index in [-0.39, 0.29) is 23.8 Å². The quantitative estimate of drug-likeness (QED) is 0.832. The standard InChI is InChI=1S/C15H21NO4S/c1-2-21(19,20)9-5-8-16-11-12(10-15(17)18)13-6-3-4-7-14(13)16/h3-4,6-7,12H,2,5,8-11H2,1H3,(H,17,18). The van der Waals surface area contributed by atoms with Crippen LogP contribution in [0.3, 0.4) is 0 Å². The van der Waals surface area contributed by atoms with Crippen LogP contribution >= 0.6 is 0 Å². The Balaban J connectivity index is 2.04. The van der Waals surface area contributed by atoms with E-state index in [1.54, 1.807) is 6.92 Å². The first-order valence-corrected chi connectivity index (χ1v) is 9.01. The molecule has 1 heterocycles. The van der Waals surface area contributed by atoms with E-state index in [1.165, 1.54) is 0 Å². The molecule has 1 unspecified atom stereocenters. The van der Waals surface area contributed by atoms with Crippen LogP contribution in [0, 0.1) is 0 Å². The molecule has 0 aromatic heterocycles. The van der Waals surface area contributed by atoms with Gasteiger partial charge in [-0.1, -0.05) is 25.1 Å². The van der Waals surface area contributed by atoms with Gasteiger partial charge < -0.3 is 10.0 Å². The number of hydrogen-bond acceptors (Lipinski definition) is 4. The number of rotatable bonds is 7. The predicted octanol–water partition coefficient (Wildman–Crippen LogP) is 1.89. The van der Waals surface area contributed by atoms with Gasteiger partial charge in [0, 0.05) is 30.4 Å². The average molecular weight is 311 g/mol. The Hall–Kier alpha value is -1.56. The average Bonchev–Trinajstić information content (AvgIpc) is 2.77. The van der Waals surface area contributed by atoms with Gasteiger partial charge in [0.25, 0.3) is 0 Å². The van der Waals surface area contributed by atoms with Gasteiger partial charge in [-0.05, 0) is 18.1 Å². The number of carbonyl (C=O) groups is 1. The Morgan fingerprint density at radius 1 is 1.38 bits per heavy atom. The molecule has 0 saturated heterocycles. The zero-order valence-electron chi connectivity index (χ0n) is 12.2. The van der Waals surface area contributed by atoms with Crippen LogP contribution in [0.4, 0.5) is 5.69 Å². The van der Waals surface area contributed by atoms with Crippen LogP contribution in [-0.2, 0) is 14.6 Å². The first-order valence-electron chi connectivity index (χ1n) is 7.19. The summed E-state index contributed by atoms with van der Waals surface area (Å²) >= 11 is 0. The van der Waals surface area contributed by atoms with E-state index < -0.39 is 15.8 Å². The Morgan fingerprint density at radius 2 is 2.10 bits per heavy atom. The molecule has 2 rings (SSSR count). The van der Waals surface area contributed by atoms with Gasteiger partial charge in [-0.3, -0.25) is 4.79 Å². The topological polar surface area (TPSA) is 74.7 Å². The van der Waals surface area contributed by atoms with Gasteiger partial charge in [-0.15, -0.1) is 0 Å². The molecule has 1 atom stereocenters. The summed E-state index contributed by atoms with van der Waals surface area (Å²) in [5.41, 5.74) is 2.09. The SMILES string of the molecule is CCS(=O)(=O)CCCN1CC(CC(=O)O)c2ccccc21. The molecule has 1 aromatic carbocycles. The third-order valence-corrected chi connectivity index (χ3v) is 5.69. The molecule has 0 aliphatic carbocycles. The molecule has 0 radical (unpaired) electrons. The highest BCUT2D eigenvalue weighted by Crippen LogP contribution is 2.37. The lowest BCUT2D eigenvalue weighted by Crippen LogP contribution is -2.25. The van der Waals surface area contributed by atoms with E-state index in [9.17, 15) is 13.2 Å². The molecule has 0 saturated carbocycles. The number of carboxylic acid groups (broad SMARTS) is 1. The third-order valence-electron chi connectivity index (χ3n) is 3.90. The first-order chi connectivity index (χ1) is 9.93. The van der Waals surface area contributed by atoms with Crippen molar-refractivity contribution in [2.24, 2.45) is 0 Å². The van der Waals surface area contributed by atoms with Crippen molar-refractivity contribution < 1.29 is 18.3 Å². The van der Waals surface area contributed by atoms with Crippen molar-refractivity contribution in [1.29, 1.82) is 0 Å². The Labute approximate surface area is 125 Å². The minimum absolute atomic E-state index is 0.0125. The van der Waals surface area contributed by atoms with Gasteiger partial charge in [-0.2, -0.15) is 0 Å². The predicted molar refractivity (Wildman–Crippen MR) is 82.6 cm³/mol. The number of carboxylic acids is 1. The molecule has 1 aliphatic heterocycles. The van der Waals surface area contributed by atoms with Crippen LogP contribution < -0.4 is 4.90 Å². The second-order valence-electron chi connectivity index (χ2n) is 5.39. The summed E-state index contributed by atoms with van der Waals surface area (Å²) in [7, 11) is -2.94. The van der Waals surface area contributed by atoms with Crippen LogP contribution in [0.5, 0.6) is 0 Å². The molecule has 116 valence electrons. The smallest absolute Gasteiger partial charge is 0.304 e. The van der Waals surface area contributed by atoms with E-state index in [0.717, 1.165) is 11.3 Å². The van der Waals surface area contributed by atoms with E-state index in [2.05, 4.69) is 4.90 Å². The summed E-state index contributed by atoms with van der Waals surface area (Å²) < 4.78 is 23.1. The summed E-state index contributed by atoms with van der Waals surface area (Å²) in [5, 5.41) is 9.00. The maximum atomic E-state index is 11.5. The van der Waals surface area contributed by atoms with Gasteiger partial charge in [-0.25, -0.2) is 8.42 Å². The van der Waals surface area contributed by atoms with Crippen molar-refractivity contribution >= 4 is 21.5 Å². The van der Waals surface area contributed by atoms with Gasteiger partial charge in [0.05, 0.1) is 12.2 Å². The molecule has 0 spiro atoms. The molecular weight excluding hydrogens is 290 g/mol. The minimum atomic E-state index is -2.94. The zero-order chi connectivity index (χ0) is 15.5. The summed E-state index contributed by atoms with van der Waals surface area (Å²) in [6, 6.07) is 7.79. The second kappa shape index (κ2) is 6.47. The molecule has 21 heavy (non-hydrogen) atoms. The lowest BCUT2D eigenvalue weighted by atomic mass is 9.98. The third kappa shape index (κ3) is 3.97. The van der Waals surface area contributed by atoms with E-state index in [1.807, 2.05) is 24.3 Å². The van der Waals surface area contributed by atoms with Gasteiger partial charge in [0.1, 0.15) is 9.84 Å². The first kappa shape index (κ1) is 15.8. The Morgan fingerprint density at radius 3 is 2.76 bits per heavy atom. The van der Waals surface area contributed by atoms with Crippen molar-refractivity contribution in [3.8, 4) is 0 Å². The maximum Gasteiger partial charge on any atom is 0.304 e. The molecule has 6 heteroatoms. The summed E-state index contributed by atoms with van der Waals surface area (Å²) in [5.74, 6) is -0.455. The normalized spacial score (nSPS) is 17.8. The molecule has 0 amide bonds. The van der Waals surface area contributed by atoms with Crippen LogP contribution in [0.25, 0.3) is 0 Å². The fourth-order valence-corrected chi connectivity index (χ4v) is 3.66. The van der Waals surface area contributed by atoms with Crippen LogP contribution in [0.15, 0.2) is 24.3 Å². The number of para-hydroxylation sites is 1. The molecule has 1 aliphatic rings. The fraction of sp³-hybridized carbons (Fsp3) is 0.533. The van der Waals surface area contributed by atoms with E-state index in [0.29, 0.717) is 19.5 Å². The molecule has 1 N–H and O–H groups in total. The van der Waals surface area contributed by atoms with Crippen LogP contribution in [0.1, 0.15) is 31.2 Å². The molecule has 1 aromatic rings. The van der Waals surface area contributed by atoms with E-state index >= 15 is 0 Å². The van der Waals surface area contributed by atoms with Crippen molar-refractivity contribution in [2.75, 3.05) is 29.5 Å². The fourth-order valence-electron chi connectivity index (χ4n) is 2.80. The number of fused-ring (bicyclic) bond motifs is 1. The Bertz CT molecular complexity index is 612. The highest BCUT2D eigenvalue weighted by molar-refractivity contribution is 7.91. The van der Waals surface area contributed by atoms with Crippen molar-refractivity contribution in [1.82, 2.24) is 0 Å². The largest absolute Gasteiger partial charge is 0.481 e. The second-order valence-corrected chi connectivity index (χ2v) is 7.86. The maximum absolute atomic E-state index is 11.5. The highest BCUT2D eigenvalue weighted by atomic mass is 32.2. The Kier molecular flexibility index (Phi) is 4.88. The number of anilines is 1. The van der Waals surface area contributed by atoms with Gasteiger partial charge >= 0.3 is 5.97 Å². The highest BCUT2D eigenvalue weighted by Gasteiger charge is 2.29. The summed E-state index contributed by atoms with van der Waals surface area (Å²) in [6.45, 7) is 2.95. The number of benzene rings is 1. The molecule has 0 fully saturated rings. The number of nitrogens with zero attached hydrogens (tertiary/aromatic N) is 1. The van der Waals surface area contributed by atoms with Crippen molar-refractivity contribution in [2.45, 2.75) is 25.7 Å². The molecule has 0 bridgehead atoms. The van der Waals surface area contributed by atoms with Crippen molar-refractivity contribution in [3.05, 3.63) is 29.8 Å². The van der Waals surface area contributed by atoms with Gasteiger partial charge in [0.2, 0.25) is 0 Å². The number of sulfone groups is 1. The van der Waals surface area contributed by atoms with Crippen LogP contribution in [0.2, 0.25) is 0 Å². The van der Waals surface area contributed by atoms with E-state index in [4.69, 9.17) is 5.11 Å². The lowest BCUT2D eigenvalue weighted by Gasteiger charge is -2.19. The zero-order valence-corrected chi connectivity index (χ0v) is 13.0. The number of hydrogen-bond donors (Lipinski definition) is 1. The molecule has 5 nitrogen and oxygen atoms in total.